The Hall–Kier alpha value is -1.92. The normalized spacial score (nSPS) is 21.7. The van der Waals surface area contributed by atoms with E-state index in [-0.39, 0.29) is 0 Å². The molecule has 2 atom stereocenters. The van der Waals surface area contributed by atoms with E-state index in [0.29, 0.717) is 18.6 Å². The summed E-state index contributed by atoms with van der Waals surface area (Å²) >= 11 is 1.26. The van der Waals surface area contributed by atoms with Gasteiger partial charge >= 0.3 is 0 Å². The Morgan fingerprint density at radius 3 is 2.62 bits per heavy atom. The number of carbonyl (C=O) groups is 1. The Morgan fingerprint density at radius 2 is 1.92 bits per heavy atom. The molecule has 2 aromatic carbocycles. The zero-order valence-electron chi connectivity index (χ0n) is 14.6. The van der Waals surface area contributed by atoms with Crippen molar-refractivity contribution in [1.82, 2.24) is 9.62 Å². The van der Waals surface area contributed by atoms with Crippen LogP contribution in [0.5, 0.6) is 0 Å². The molecule has 2 unspecified atom stereocenters. The maximum Gasteiger partial charge on any atom is 0.283 e. The van der Waals surface area contributed by atoms with Crippen LogP contribution in [0, 0.1) is 0 Å². The number of likely N-dealkylation sites (tertiary alicyclic amines) is 1. The van der Waals surface area contributed by atoms with Gasteiger partial charge in [0.1, 0.15) is 6.04 Å². The van der Waals surface area contributed by atoms with E-state index in [1.54, 1.807) is 0 Å². The van der Waals surface area contributed by atoms with E-state index < -0.39 is 24.6 Å². The molecule has 1 fully saturated rings. The molecular formula is C20H22F2N2OS. The molecular weight excluding hydrogens is 354 g/mol. The monoisotopic (exact) mass is 376 g/mol. The van der Waals surface area contributed by atoms with Crippen molar-refractivity contribution in [3.05, 3.63) is 60.2 Å². The van der Waals surface area contributed by atoms with Gasteiger partial charge in [-0.3, -0.25) is 9.52 Å². The van der Waals surface area contributed by atoms with E-state index in [9.17, 15) is 13.6 Å². The molecule has 6 heteroatoms. The standard InChI is InChI=1S/C20H22F2N2OS/c1-2-26-23-19-18(24(14-25)13-20(19,21)22)12-15-7-6-10-17(11-15)16-8-4-3-5-9-16/h3-11,14,18-19,23H,2,12-13H2,1H3. The van der Waals surface area contributed by atoms with Crippen molar-refractivity contribution in [3.8, 4) is 11.1 Å². The van der Waals surface area contributed by atoms with Crippen LogP contribution in [0.2, 0.25) is 0 Å². The molecule has 2 aromatic rings. The molecule has 0 spiro atoms. The van der Waals surface area contributed by atoms with Crippen LogP contribution in [0.25, 0.3) is 11.1 Å². The van der Waals surface area contributed by atoms with Gasteiger partial charge in [0.15, 0.2) is 0 Å². The molecule has 0 bridgehead atoms. The summed E-state index contributed by atoms with van der Waals surface area (Å²) in [6.07, 6.45) is 0.925. The SMILES string of the molecule is CCSNC1C(Cc2cccc(-c3ccccc3)c2)N(C=O)CC1(F)F. The Kier molecular flexibility index (Phi) is 5.94. The molecule has 1 N–H and O–H groups in total. The average Bonchev–Trinajstić information content (AvgIpc) is 2.90. The van der Waals surface area contributed by atoms with Crippen molar-refractivity contribution in [2.75, 3.05) is 12.3 Å². The molecule has 1 aliphatic rings. The van der Waals surface area contributed by atoms with Gasteiger partial charge in [-0.25, -0.2) is 8.78 Å². The Morgan fingerprint density at radius 1 is 1.19 bits per heavy atom. The van der Waals surface area contributed by atoms with Crippen molar-refractivity contribution < 1.29 is 13.6 Å². The number of hydrogen-bond donors (Lipinski definition) is 1. The van der Waals surface area contributed by atoms with Gasteiger partial charge < -0.3 is 4.90 Å². The second-order valence-electron chi connectivity index (χ2n) is 6.41. The van der Waals surface area contributed by atoms with E-state index in [1.807, 2.05) is 61.5 Å². The lowest BCUT2D eigenvalue weighted by Gasteiger charge is -2.26. The summed E-state index contributed by atoms with van der Waals surface area (Å²) in [5, 5.41) is 0. The maximum absolute atomic E-state index is 14.4. The molecule has 3 nitrogen and oxygen atoms in total. The van der Waals surface area contributed by atoms with Crippen molar-refractivity contribution in [2.24, 2.45) is 0 Å². The van der Waals surface area contributed by atoms with Crippen molar-refractivity contribution >= 4 is 18.4 Å². The summed E-state index contributed by atoms with van der Waals surface area (Å²) in [5.41, 5.74) is 3.06. The fraction of sp³-hybridized carbons (Fsp3) is 0.350. The van der Waals surface area contributed by atoms with Gasteiger partial charge in [-0.1, -0.05) is 73.5 Å². The van der Waals surface area contributed by atoms with Gasteiger partial charge in [-0.15, -0.1) is 0 Å². The molecule has 1 saturated heterocycles. The minimum Gasteiger partial charge on any atom is -0.334 e. The number of amides is 1. The van der Waals surface area contributed by atoms with Crippen LogP contribution >= 0.6 is 11.9 Å². The third-order valence-electron chi connectivity index (χ3n) is 4.63. The molecule has 3 rings (SSSR count). The number of halogens is 2. The summed E-state index contributed by atoms with van der Waals surface area (Å²) in [6.45, 7) is 1.36. The largest absolute Gasteiger partial charge is 0.334 e. The fourth-order valence-electron chi connectivity index (χ4n) is 3.37. The molecule has 1 heterocycles. The maximum atomic E-state index is 14.4. The smallest absolute Gasteiger partial charge is 0.283 e. The topological polar surface area (TPSA) is 32.3 Å². The lowest BCUT2D eigenvalue weighted by Crippen LogP contribution is -2.47. The summed E-state index contributed by atoms with van der Waals surface area (Å²) in [7, 11) is 0. The summed E-state index contributed by atoms with van der Waals surface area (Å²) in [4.78, 5) is 12.6. The third-order valence-corrected chi connectivity index (χ3v) is 5.34. The van der Waals surface area contributed by atoms with E-state index in [1.165, 1.54) is 16.8 Å². The van der Waals surface area contributed by atoms with Crippen molar-refractivity contribution in [2.45, 2.75) is 31.4 Å². The van der Waals surface area contributed by atoms with E-state index in [4.69, 9.17) is 0 Å². The van der Waals surface area contributed by atoms with Gasteiger partial charge in [0.05, 0.1) is 12.6 Å². The number of nitrogens with one attached hydrogen (secondary N) is 1. The highest BCUT2D eigenvalue weighted by Gasteiger charge is 2.54. The first-order valence-corrected chi connectivity index (χ1v) is 9.64. The molecule has 1 amide bonds. The number of rotatable bonds is 7. The van der Waals surface area contributed by atoms with Crippen LogP contribution in [0.1, 0.15) is 12.5 Å². The molecule has 138 valence electrons. The number of carbonyl (C=O) groups excluding carboxylic acids is 1. The minimum absolute atomic E-state index is 0.386. The van der Waals surface area contributed by atoms with Gasteiger partial charge in [-0.05, 0) is 23.1 Å². The van der Waals surface area contributed by atoms with E-state index in [0.717, 1.165) is 16.7 Å². The highest BCUT2D eigenvalue weighted by atomic mass is 32.2. The first kappa shape index (κ1) is 18.9. The second-order valence-corrected chi connectivity index (χ2v) is 7.51. The van der Waals surface area contributed by atoms with Crippen molar-refractivity contribution in [1.29, 1.82) is 0 Å². The molecule has 26 heavy (non-hydrogen) atoms. The summed E-state index contributed by atoms with van der Waals surface area (Å²) in [6, 6.07) is 16.2. The molecule has 1 aliphatic heterocycles. The Labute approximate surface area is 156 Å². The molecule has 0 radical (unpaired) electrons. The van der Waals surface area contributed by atoms with Crippen molar-refractivity contribution in [3.63, 3.8) is 0 Å². The first-order chi connectivity index (χ1) is 12.5. The number of benzene rings is 2. The molecule has 0 aromatic heterocycles. The van der Waals surface area contributed by atoms with Gasteiger partial charge in [0.2, 0.25) is 6.41 Å². The molecule has 0 aliphatic carbocycles. The zero-order chi connectivity index (χ0) is 18.6. The Balaban J connectivity index is 1.84. The highest BCUT2D eigenvalue weighted by molar-refractivity contribution is 7.97. The van der Waals surface area contributed by atoms with Crippen LogP contribution in [-0.2, 0) is 11.2 Å². The van der Waals surface area contributed by atoms with Crippen LogP contribution in [0.3, 0.4) is 0 Å². The summed E-state index contributed by atoms with van der Waals surface area (Å²) in [5.74, 6) is -2.26. The average molecular weight is 376 g/mol. The predicted octanol–water partition coefficient (Wildman–Crippen LogP) is 4.00. The first-order valence-electron chi connectivity index (χ1n) is 8.65. The number of hydrogen-bond acceptors (Lipinski definition) is 3. The quantitative estimate of drug-likeness (QED) is 0.586. The van der Waals surface area contributed by atoms with E-state index >= 15 is 0 Å². The Bertz CT molecular complexity index is 742. The second kappa shape index (κ2) is 8.18. The lowest BCUT2D eigenvalue weighted by atomic mass is 9.96. The van der Waals surface area contributed by atoms with Crippen LogP contribution in [0.15, 0.2) is 54.6 Å². The van der Waals surface area contributed by atoms with E-state index in [2.05, 4.69) is 4.72 Å². The van der Waals surface area contributed by atoms with Gasteiger partial charge in [-0.2, -0.15) is 0 Å². The third kappa shape index (κ3) is 4.07. The highest BCUT2D eigenvalue weighted by Crippen LogP contribution is 2.35. The number of alkyl halides is 2. The predicted molar refractivity (Wildman–Crippen MR) is 102 cm³/mol. The van der Waals surface area contributed by atoms with Crippen LogP contribution in [0.4, 0.5) is 8.78 Å². The minimum atomic E-state index is -2.94. The van der Waals surface area contributed by atoms with Gasteiger partial charge in [0, 0.05) is 5.75 Å². The lowest BCUT2D eigenvalue weighted by molar-refractivity contribution is -0.120. The fourth-order valence-corrected chi connectivity index (χ4v) is 4.05. The number of nitrogens with zero attached hydrogens (tertiary/aromatic N) is 1. The summed E-state index contributed by atoms with van der Waals surface area (Å²) < 4.78 is 31.6. The zero-order valence-corrected chi connectivity index (χ0v) is 15.4. The molecule has 0 saturated carbocycles. The van der Waals surface area contributed by atoms with Gasteiger partial charge in [0.25, 0.3) is 5.92 Å². The van der Waals surface area contributed by atoms with Crippen LogP contribution < -0.4 is 4.72 Å². The van der Waals surface area contributed by atoms with Crippen LogP contribution in [-0.4, -0.2) is 41.6 Å².